The van der Waals surface area contributed by atoms with Gasteiger partial charge in [-0.25, -0.2) is 0 Å². The summed E-state index contributed by atoms with van der Waals surface area (Å²) in [5.41, 5.74) is 4.75. The van der Waals surface area contributed by atoms with E-state index < -0.39 is 5.60 Å². The molecular weight excluding hydrogens is 292 g/mol. The predicted molar refractivity (Wildman–Crippen MR) is 101 cm³/mol. The predicted octanol–water partition coefficient (Wildman–Crippen LogP) is 5.89. The van der Waals surface area contributed by atoms with Gasteiger partial charge in [-0.15, -0.1) is 0 Å². The molecule has 24 heavy (non-hydrogen) atoms. The Hall–Kier alpha value is -0.560. The Balaban J connectivity index is 1.65. The summed E-state index contributed by atoms with van der Waals surface area (Å²) < 4.78 is 0. The van der Waals surface area contributed by atoms with Crippen molar-refractivity contribution in [3.8, 4) is 0 Å². The van der Waals surface area contributed by atoms with E-state index in [9.17, 15) is 5.11 Å². The molecule has 0 aromatic carbocycles. The minimum Gasteiger partial charge on any atom is -0.390 e. The third kappa shape index (κ3) is 2.37. The topological polar surface area (TPSA) is 20.2 Å². The van der Waals surface area contributed by atoms with E-state index in [1.165, 1.54) is 44.1 Å². The highest BCUT2D eigenvalue weighted by molar-refractivity contribution is 5.27. The molecule has 0 bridgehead atoms. The molecule has 1 nitrogen and oxygen atoms in total. The molecule has 0 heterocycles. The maximum absolute atomic E-state index is 10.6. The van der Waals surface area contributed by atoms with Crippen molar-refractivity contribution in [3.63, 3.8) is 0 Å². The Labute approximate surface area is 148 Å². The first kappa shape index (κ1) is 16.9. The first-order valence-corrected chi connectivity index (χ1v) is 10.3. The fraction of sp³-hybridized carbons (Fsp3) is 0.826. The molecule has 0 saturated heterocycles. The molecule has 0 aromatic heterocycles. The quantitative estimate of drug-likeness (QED) is 0.595. The molecule has 4 aliphatic carbocycles. The van der Waals surface area contributed by atoms with Crippen molar-refractivity contribution in [3.05, 3.63) is 23.3 Å². The number of fused-ring (bicyclic) bond motifs is 5. The van der Waals surface area contributed by atoms with Gasteiger partial charge in [-0.2, -0.15) is 0 Å². The lowest BCUT2D eigenvalue weighted by molar-refractivity contribution is -0.0311. The summed E-state index contributed by atoms with van der Waals surface area (Å²) in [6, 6.07) is 0. The number of aliphatic hydroxyl groups is 1. The smallest absolute Gasteiger partial charge is 0.0657 e. The molecule has 0 spiro atoms. The molecule has 3 saturated carbocycles. The first-order chi connectivity index (χ1) is 11.2. The first-order valence-electron chi connectivity index (χ1n) is 10.3. The minimum atomic E-state index is -0.457. The molecule has 0 aromatic rings. The summed E-state index contributed by atoms with van der Waals surface area (Å²) in [5.74, 6) is 4.21. The zero-order valence-corrected chi connectivity index (χ0v) is 16.2. The van der Waals surface area contributed by atoms with Gasteiger partial charge in [0.05, 0.1) is 5.60 Å². The summed E-state index contributed by atoms with van der Waals surface area (Å²) >= 11 is 0. The SMILES string of the molecule is C=C(C)[C@H]1CC[C@H]2[C@@H]3CC(C)=C4C[C@@](C)(O)CC[C@@H]4[C@H]3CC[C@]12C. The van der Waals surface area contributed by atoms with Crippen LogP contribution in [0.15, 0.2) is 23.3 Å². The van der Waals surface area contributed by atoms with Gasteiger partial charge in [0.1, 0.15) is 0 Å². The van der Waals surface area contributed by atoms with E-state index in [0.717, 1.165) is 42.4 Å². The van der Waals surface area contributed by atoms with Crippen LogP contribution in [0, 0.1) is 35.0 Å². The lowest BCUT2D eigenvalue weighted by Crippen LogP contribution is -2.48. The Kier molecular flexibility index (Phi) is 3.85. The average Bonchev–Trinajstić information content (AvgIpc) is 2.85. The van der Waals surface area contributed by atoms with E-state index in [4.69, 9.17) is 0 Å². The monoisotopic (exact) mass is 328 g/mol. The largest absolute Gasteiger partial charge is 0.390 e. The van der Waals surface area contributed by atoms with Gasteiger partial charge in [0.15, 0.2) is 0 Å². The lowest BCUT2D eigenvalue weighted by Gasteiger charge is -2.55. The van der Waals surface area contributed by atoms with Gasteiger partial charge < -0.3 is 5.11 Å². The van der Waals surface area contributed by atoms with Crippen molar-refractivity contribution >= 4 is 0 Å². The molecule has 0 unspecified atom stereocenters. The van der Waals surface area contributed by atoms with Crippen LogP contribution in [-0.4, -0.2) is 10.7 Å². The zero-order chi connectivity index (χ0) is 17.3. The second-order valence-electron chi connectivity index (χ2n) is 10.3. The Morgan fingerprint density at radius 3 is 2.54 bits per heavy atom. The summed E-state index contributed by atoms with van der Waals surface area (Å²) in [6.07, 6.45) is 10.0. The number of hydrogen-bond donors (Lipinski definition) is 1. The van der Waals surface area contributed by atoms with Crippen molar-refractivity contribution in [1.82, 2.24) is 0 Å². The van der Waals surface area contributed by atoms with Crippen LogP contribution in [-0.2, 0) is 0 Å². The Morgan fingerprint density at radius 2 is 1.83 bits per heavy atom. The lowest BCUT2D eigenvalue weighted by atomic mass is 9.50. The number of hydrogen-bond acceptors (Lipinski definition) is 1. The van der Waals surface area contributed by atoms with Gasteiger partial charge in [-0.05, 0) is 107 Å². The van der Waals surface area contributed by atoms with Crippen LogP contribution in [0.1, 0.15) is 79.1 Å². The van der Waals surface area contributed by atoms with E-state index in [1.54, 1.807) is 11.1 Å². The number of allylic oxidation sites excluding steroid dienone is 2. The fourth-order valence-corrected chi connectivity index (χ4v) is 7.61. The molecule has 1 heteroatoms. The zero-order valence-electron chi connectivity index (χ0n) is 16.2. The maximum atomic E-state index is 10.6. The van der Waals surface area contributed by atoms with Crippen LogP contribution in [0.4, 0.5) is 0 Å². The van der Waals surface area contributed by atoms with Crippen molar-refractivity contribution in [2.75, 3.05) is 0 Å². The second kappa shape index (κ2) is 5.47. The molecule has 0 amide bonds. The van der Waals surface area contributed by atoms with Crippen LogP contribution in [0.25, 0.3) is 0 Å². The molecule has 4 aliphatic rings. The number of rotatable bonds is 1. The van der Waals surface area contributed by atoms with Gasteiger partial charge in [-0.3, -0.25) is 0 Å². The van der Waals surface area contributed by atoms with Crippen LogP contribution in [0.3, 0.4) is 0 Å². The highest BCUT2D eigenvalue weighted by Crippen LogP contribution is 2.65. The van der Waals surface area contributed by atoms with E-state index in [2.05, 4.69) is 27.4 Å². The third-order valence-corrected chi connectivity index (χ3v) is 8.71. The molecule has 134 valence electrons. The normalized spacial score (nSPS) is 51.0. The molecule has 0 radical (unpaired) electrons. The molecule has 4 rings (SSSR count). The highest BCUT2D eigenvalue weighted by Gasteiger charge is 2.56. The summed E-state index contributed by atoms with van der Waals surface area (Å²) in [7, 11) is 0. The van der Waals surface area contributed by atoms with Gasteiger partial charge in [0.2, 0.25) is 0 Å². The van der Waals surface area contributed by atoms with E-state index in [1.807, 2.05) is 6.92 Å². The van der Waals surface area contributed by atoms with Gasteiger partial charge in [0, 0.05) is 0 Å². The minimum absolute atomic E-state index is 0.457. The van der Waals surface area contributed by atoms with Crippen molar-refractivity contribution in [1.29, 1.82) is 0 Å². The average molecular weight is 329 g/mol. The van der Waals surface area contributed by atoms with E-state index in [-0.39, 0.29) is 0 Å². The summed E-state index contributed by atoms with van der Waals surface area (Å²) in [6.45, 7) is 13.6. The van der Waals surface area contributed by atoms with Crippen LogP contribution >= 0.6 is 0 Å². The van der Waals surface area contributed by atoms with Crippen LogP contribution in [0.2, 0.25) is 0 Å². The van der Waals surface area contributed by atoms with Gasteiger partial charge in [-0.1, -0.05) is 30.2 Å². The summed E-state index contributed by atoms with van der Waals surface area (Å²) in [4.78, 5) is 0. The third-order valence-electron chi connectivity index (χ3n) is 8.71. The van der Waals surface area contributed by atoms with Crippen molar-refractivity contribution < 1.29 is 5.11 Å². The Morgan fingerprint density at radius 1 is 1.08 bits per heavy atom. The van der Waals surface area contributed by atoms with Crippen LogP contribution in [0.5, 0.6) is 0 Å². The second-order valence-corrected chi connectivity index (χ2v) is 10.3. The van der Waals surface area contributed by atoms with Crippen LogP contribution < -0.4 is 0 Å². The molecule has 1 N–H and O–H groups in total. The molecule has 0 aliphatic heterocycles. The fourth-order valence-electron chi connectivity index (χ4n) is 7.61. The highest BCUT2D eigenvalue weighted by atomic mass is 16.3. The van der Waals surface area contributed by atoms with Crippen molar-refractivity contribution in [2.45, 2.75) is 84.7 Å². The molecule has 3 fully saturated rings. The standard InChI is InChI=1S/C23H36O/c1-14(2)20-6-7-21-18-12-15(3)19-13-22(4,24)10-8-17(19)16(18)9-11-23(20,21)5/h16-18,20-21,24H,1,6-13H2,2-5H3/t16-,17-,18-,20-,21+,22+,23-/m1/s1. The van der Waals surface area contributed by atoms with E-state index >= 15 is 0 Å². The van der Waals surface area contributed by atoms with Crippen molar-refractivity contribution in [2.24, 2.45) is 35.0 Å². The maximum Gasteiger partial charge on any atom is 0.0657 e. The van der Waals surface area contributed by atoms with E-state index in [0.29, 0.717) is 5.41 Å². The van der Waals surface area contributed by atoms with Gasteiger partial charge in [0.25, 0.3) is 0 Å². The van der Waals surface area contributed by atoms with Gasteiger partial charge >= 0.3 is 0 Å². The molecule has 7 atom stereocenters. The Bertz CT molecular complexity index is 583. The summed E-state index contributed by atoms with van der Waals surface area (Å²) in [5, 5.41) is 10.6. The molecular formula is C23H36O.